The number of hydrogen-bond donors (Lipinski definition) is 0. The summed E-state index contributed by atoms with van der Waals surface area (Å²) in [6.07, 6.45) is 5.70. The Labute approximate surface area is 92.4 Å². The monoisotopic (exact) mass is 210 g/mol. The summed E-state index contributed by atoms with van der Waals surface area (Å²) in [5, 5.41) is 2.20. The molecular formula is C13H22S. The van der Waals surface area contributed by atoms with Crippen molar-refractivity contribution in [2.75, 3.05) is 0 Å². The van der Waals surface area contributed by atoms with Crippen LogP contribution in [-0.2, 0) is 0 Å². The third kappa shape index (κ3) is 3.13. The van der Waals surface area contributed by atoms with Crippen molar-refractivity contribution in [2.24, 2.45) is 5.92 Å². The summed E-state index contributed by atoms with van der Waals surface area (Å²) in [7, 11) is 0. The predicted octanol–water partition coefficient (Wildman–Crippen LogP) is 5.07. The van der Waals surface area contributed by atoms with E-state index in [1.165, 1.54) is 25.7 Å². The van der Waals surface area contributed by atoms with Crippen LogP contribution in [0.1, 0.15) is 57.2 Å². The Bertz CT molecular complexity index is 217. The van der Waals surface area contributed by atoms with Crippen LogP contribution in [0.15, 0.2) is 17.5 Å². The fourth-order valence-electron chi connectivity index (χ4n) is 2.07. The second kappa shape index (κ2) is 6.23. The van der Waals surface area contributed by atoms with E-state index in [0.717, 1.165) is 11.8 Å². The van der Waals surface area contributed by atoms with Crippen LogP contribution in [0.5, 0.6) is 0 Å². The summed E-state index contributed by atoms with van der Waals surface area (Å²) in [5.74, 6) is 1.86. The van der Waals surface area contributed by atoms with E-state index >= 15 is 0 Å². The Morgan fingerprint density at radius 1 is 1.14 bits per heavy atom. The summed E-state index contributed by atoms with van der Waals surface area (Å²) >= 11 is 1.93. The molecule has 1 fully saturated rings. The van der Waals surface area contributed by atoms with Gasteiger partial charge in [0.15, 0.2) is 0 Å². The second-order valence-corrected chi connectivity index (χ2v) is 4.95. The third-order valence-electron chi connectivity index (χ3n) is 2.96. The first kappa shape index (κ1) is 11.8. The van der Waals surface area contributed by atoms with Gasteiger partial charge in [0.25, 0.3) is 0 Å². The van der Waals surface area contributed by atoms with Crippen molar-refractivity contribution < 1.29 is 0 Å². The van der Waals surface area contributed by atoms with Crippen molar-refractivity contribution in [2.45, 2.75) is 52.4 Å². The minimum Gasteiger partial charge on any atom is -0.149 e. The smallest absolute Gasteiger partial charge is 0.00761 e. The molecule has 0 radical (unpaired) electrons. The van der Waals surface area contributed by atoms with Crippen molar-refractivity contribution in [1.29, 1.82) is 0 Å². The molecule has 14 heavy (non-hydrogen) atoms. The van der Waals surface area contributed by atoms with Crippen LogP contribution >= 0.6 is 11.3 Å². The molecule has 0 aliphatic heterocycles. The SMILES string of the molecule is CC.CC1CCC(c2cccs2)CC1. The first-order chi connectivity index (χ1) is 6.86. The van der Waals surface area contributed by atoms with Gasteiger partial charge in [0.05, 0.1) is 0 Å². The standard InChI is InChI=1S/C11H16S.C2H6/c1-9-4-6-10(7-5-9)11-3-2-8-12-11;1-2/h2-3,8-10H,4-7H2,1H3;1-2H3. The van der Waals surface area contributed by atoms with Crippen molar-refractivity contribution in [1.82, 2.24) is 0 Å². The van der Waals surface area contributed by atoms with Gasteiger partial charge in [-0.2, -0.15) is 0 Å². The molecule has 0 amide bonds. The molecule has 0 unspecified atom stereocenters. The van der Waals surface area contributed by atoms with E-state index in [1.54, 1.807) is 4.88 Å². The predicted molar refractivity (Wildman–Crippen MR) is 66.0 cm³/mol. The van der Waals surface area contributed by atoms with Gasteiger partial charge >= 0.3 is 0 Å². The van der Waals surface area contributed by atoms with E-state index in [2.05, 4.69) is 24.4 Å². The van der Waals surface area contributed by atoms with Crippen LogP contribution in [0.4, 0.5) is 0 Å². The number of thiophene rings is 1. The topological polar surface area (TPSA) is 0 Å². The van der Waals surface area contributed by atoms with E-state index < -0.39 is 0 Å². The lowest BCUT2D eigenvalue weighted by Gasteiger charge is -2.25. The molecule has 0 saturated heterocycles. The fourth-order valence-corrected chi connectivity index (χ4v) is 2.97. The van der Waals surface area contributed by atoms with Crippen molar-refractivity contribution in [3.05, 3.63) is 22.4 Å². The highest BCUT2D eigenvalue weighted by atomic mass is 32.1. The quantitative estimate of drug-likeness (QED) is 0.607. The fraction of sp³-hybridized carbons (Fsp3) is 0.692. The highest BCUT2D eigenvalue weighted by Gasteiger charge is 2.19. The van der Waals surface area contributed by atoms with Gasteiger partial charge < -0.3 is 0 Å². The van der Waals surface area contributed by atoms with E-state index in [9.17, 15) is 0 Å². The first-order valence-corrected chi connectivity index (χ1v) is 6.77. The zero-order valence-corrected chi connectivity index (χ0v) is 10.4. The number of rotatable bonds is 1. The Morgan fingerprint density at radius 3 is 2.29 bits per heavy atom. The summed E-state index contributed by atoms with van der Waals surface area (Å²) in [4.78, 5) is 1.61. The molecule has 1 aliphatic rings. The molecule has 1 saturated carbocycles. The van der Waals surface area contributed by atoms with Gasteiger partial charge in [-0.3, -0.25) is 0 Å². The van der Waals surface area contributed by atoms with Crippen molar-refractivity contribution >= 4 is 11.3 Å². The minimum absolute atomic E-state index is 0.890. The maximum absolute atomic E-state index is 2.38. The average Bonchev–Trinajstić information content (AvgIpc) is 2.75. The summed E-state index contributed by atoms with van der Waals surface area (Å²) in [5.41, 5.74) is 0. The van der Waals surface area contributed by atoms with Gasteiger partial charge in [0.1, 0.15) is 0 Å². The lowest BCUT2D eigenvalue weighted by Crippen LogP contribution is -2.09. The minimum atomic E-state index is 0.890. The average molecular weight is 210 g/mol. The molecule has 0 aromatic carbocycles. The Balaban J connectivity index is 0.000000461. The molecule has 1 heterocycles. The molecule has 0 N–H and O–H groups in total. The van der Waals surface area contributed by atoms with Gasteiger partial charge in [0, 0.05) is 4.88 Å². The van der Waals surface area contributed by atoms with Gasteiger partial charge in [-0.25, -0.2) is 0 Å². The van der Waals surface area contributed by atoms with E-state index in [4.69, 9.17) is 0 Å². The second-order valence-electron chi connectivity index (χ2n) is 3.97. The largest absolute Gasteiger partial charge is 0.149 e. The molecule has 1 heteroatoms. The van der Waals surface area contributed by atoms with Crippen LogP contribution in [-0.4, -0.2) is 0 Å². The maximum atomic E-state index is 2.38. The first-order valence-electron chi connectivity index (χ1n) is 5.89. The molecular weight excluding hydrogens is 188 g/mol. The van der Waals surface area contributed by atoms with Crippen LogP contribution in [0, 0.1) is 5.92 Å². The molecule has 1 aromatic heterocycles. The lowest BCUT2D eigenvalue weighted by molar-refractivity contribution is 0.350. The van der Waals surface area contributed by atoms with Gasteiger partial charge in [-0.15, -0.1) is 11.3 Å². The molecule has 2 rings (SSSR count). The molecule has 1 aromatic rings. The molecule has 80 valence electrons. The zero-order valence-electron chi connectivity index (χ0n) is 9.62. The molecule has 0 bridgehead atoms. The van der Waals surface area contributed by atoms with Crippen LogP contribution in [0.2, 0.25) is 0 Å². The van der Waals surface area contributed by atoms with Crippen LogP contribution in [0.3, 0.4) is 0 Å². The normalized spacial score (nSPS) is 26.5. The van der Waals surface area contributed by atoms with E-state index in [1.807, 2.05) is 25.2 Å². The summed E-state index contributed by atoms with van der Waals surface area (Å²) < 4.78 is 0. The van der Waals surface area contributed by atoms with Gasteiger partial charge in [0.2, 0.25) is 0 Å². The molecule has 0 atom stereocenters. The van der Waals surface area contributed by atoms with Crippen molar-refractivity contribution in [3.63, 3.8) is 0 Å². The van der Waals surface area contributed by atoms with Crippen molar-refractivity contribution in [3.8, 4) is 0 Å². The Hall–Kier alpha value is -0.300. The summed E-state index contributed by atoms with van der Waals surface area (Å²) in [6, 6.07) is 4.48. The number of hydrogen-bond acceptors (Lipinski definition) is 1. The van der Waals surface area contributed by atoms with Gasteiger partial charge in [-0.05, 0) is 36.1 Å². The molecule has 1 aliphatic carbocycles. The highest BCUT2D eigenvalue weighted by Crippen LogP contribution is 2.37. The van der Waals surface area contributed by atoms with E-state index in [0.29, 0.717) is 0 Å². The maximum Gasteiger partial charge on any atom is 0.00761 e. The third-order valence-corrected chi connectivity index (χ3v) is 4.00. The summed E-state index contributed by atoms with van der Waals surface area (Å²) in [6.45, 7) is 6.38. The highest BCUT2D eigenvalue weighted by molar-refractivity contribution is 7.10. The lowest BCUT2D eigenvalue weighted by atomic mass is 9.82. The van der Waals surface area contributed by atoms with Gasteiger partial charge in [-0.1, -0.05) is 39.7 Å². The van der Waals surface area contributed by atoms with Crippen LogP contribution in [0.25, 0.3) is 0 Å². The molecule has 0 spiro atoms. The molecule has 0 nitrogen and oxygen atoms in total. The Morgan fingerprint density at radius 2 is 1.79 bits per heavy atom. The Kier molecular flexibility index (Phi) is 5.24. The zero-order chi connectivity index (χ0) is 10.4. The van der Waals surface area contributed by atoms with E-state index in [-0.39, 0.29) is 0 Å². The van der Waals surface area contributed by atoms with Crippen LogP contribution < -0.4 is 0 Å².